The van der Waals surface area contributed by atoms with Gasteiger partial charge in [0.2, 0.25) is 0 Å². The normalized spacial score (nSPS) is 13.0. The summed E-state index contributed by atoms with van der Waals surface area (Å²) in [6, 6.07) is 39.5. The number of imidazole rings is 1. The zero-order valence-electron chi connectivity index (χ0n) is 33.9. The molecule has 0 saturated heterocycles. The Morgan fingerprint density at radius 1 is 0.741 bits per heavy atom. The summed E-state index contributed by atoms with van der Waals surface area (Å²) in [6.45, 7) is 17.3. The van der Waals surface area contributed by atoms with Crippen LogP contribution in [0.4, 0.5) is 0 Å². The van der Waals surface area contributed by atoms with E-state index >= 15 is 0 Å². The third kappa shape index (κ3) is 7.12. The van der Waals surface area contributed by atoms with E-state index in [1.807, 2.05) is 71.5 Å². The zero-order valence-corrected chi connectivity index (χ0v) is 34.2. The second-order valence-electron chi connectivity index (χ2n) is 16.0. The van der Waals surface area contributed by atoms with Gasteiger partial charge in [0, 0.05) is 41.3 Å². The minimum Gasteiger partial charge on any atom is -0.522 e. The van der Waals surface area contributed by atoms with Gasteiger partial charge in [-0.3, -0.25) is 14.1 Å². The average Bonchev–Trinajstić information content (AvgIpc) is 3.70. The van der Waals surface area contributed by atoms with Gasteiger partial charge < -0.3 is 9.30 Å². The maximum absolute atomic E-state index is 8.75. The summed E-state index contributed by atoms with van der Waals surface area (Å²) in [5.41, 5.74) is 7.75. The molecule has 4 aromatic carbocycles. The first-order valence-corrected chi connectivity index (χ1v) is 18.2. The van der Waals surface area contributed by atoms with Crippen LogP contribution in [0.3, 0.4) is 0 Å². The van der Waals surface area contributed by atoms with E-state index in [0.717, 1.165) is 38.5 Å². The van der Waals surface area contributed by atoms with Crippen LogP contribution in [0.1, 0.15) is 74.8 Å². The SMILES string of the molecule is [2H]C([2H])(c1ccnc(-n2c3[c-]c(Oc4[c-]c(-n5[c-][n+](-c6cc(C(C)(C)C)cc(C(C)(C)C)c6)c6ccccc65)ncc4)ccc3c3ccccc32)c1)C(C)C.[Pt]. The van der Waals surface area contributed by atoms with E-state index in [9.17, 15) is 0 Å². The quantitative estimate of drug-likeness (QED) is 0.118. The predicted molar refractivity (Wildman–Crippen MR) is 214 cm³/mol. The van der Waals surface area contributed by atoms with Crippen molar-refractivity contribution < 1.29 is 33.1 Å². The number of nitrogens with zero attached hydrogens (tertiary/aromatic N) is 5. The second-order valence-corrected chi connectivity index (χ2v) is 16.0. The molecule has 0 bridgehead atoms. The Kier molecular flexibility index (Phi) is 9.19. The summed E-state index contributed by atoms with van der Waals surface area (Å²) in [7, 11) is 0. The summed E-state index contributed by atoms with van der Waals surface area (Å²) in [5.74, 6) is 1.94. The molecule has 0 aliphatic rings. The fourth-order valence-corrected chi connectivity index (χ4v) is 6.80. The fourth-order valence-electron chi connectivity index (χ4n) is 6.80. The van der Waals surface area contributed by atoms with Gasteiger partial charge in [-0.05, 0) is 81.3 Å². The van der Waals surface area contributed by atoms with Crippen LogP contribution in [-0.2, 0) is 38.3 Å². The molecule has 0 radical (unpaired) electrons. The number of hydrogen-bond donors (Lipinski definition) is 0. The second kappa shape index (κ2) is 14.3. The monoisotopic (exact) mass is 892 g/mol. The van der Waals surface area contributed by atoms with E-state index in [0.29, 0.717) is 28.7 Å². The Hall–Kier alpha value is -5.06. The molecule has 0 aliphatic heterocycles. The fraction of sp³-hybridized carbons (Fsp3) is 0.255. The first-order valence-electron chi connectivity index (χ1n) is 19.2. The molecule has 0 amide bonds. The van der Waals surface area contributed by atoms with Crippen LogP contribution in [-0.4, -0.2) is 19.1 Å². The molecule has 7 heteroatoms. The summed E-state index contributed by atoms with van der Waals surface area (Å²) < 4.78 is 30.0. The van der Waals surface area contributed by atoms with Crippen molar-refractivity contribution in [2.45, 2.75) is 72.6 Å². The van der Waals surface area contributed by atoms with Gasteiger partial charge in [0.25, 0.3) is 6.33 Å². The summed E-state index contributed by atoms with van der Waals surface area (Å²) in [6.07, 6.45) is 5.48. The molecule has 8 rings (SSSR count). The van der Waals surface area contributed by atoms with Crippen molar-refractivity contribution in [1.82, 2.24) is 19.1 Å². The molecular formula is C47H45N5OPt-2. The van der Waals surface area contributed by atoms with Crippen molar-refractivity contribution in [3.8, 4) is 28.8 Å². The number of rotatable bonds is 7. The van der Waals surface area contributed by atoms with E-state index in [4.69, 9.17) is 17.4 Å². The molecule has 4 heterocycles. The Morgan fingerprint density at radius 2 is 1.41 bits per heavy atom. The summed E-state index contributed by atoms with van der Waals surface area (Å²) in [5, 5.41) is 2.03. The minimum absolute atomic E-state index is 0. The molecule has 0 N–H and O–H groups in total. The zero-order chi connectivity index (χ0) is 38.9. The molecular weight excluding hydrogens is 846 g/mol. The van der Waals surface area contributed by atoms with Crippen molar-refractivity contribution in [2.75, 3.05) is 0 Å². The van der Waals surface area contributed by atoms with Crippen LogP contribution >= 0.6 is 0 Å². The molecule has 6 nitrogen and oxygen atoms in total. The van der Waals surface area contributed by atoms with Crippen LogP contribution in [0, 0.1) is 24.4 Å². The number of fused-ring (bicyclic) bond motifs is 4. The number of pyridine rings is 2. The van der Waals surface area contributed by atoms with Gasteiger partial charge in [-0.2, -0.15) is 18.2 Å². The summed E-state index contributed by atoms with van der Waals surface area (Å²) in [4.78, 5) is 9.43. The van der Waals surface area contributed by atoms with Gasteiger partial charge in [0.15, 0.2) is 0 Å². The number of aromatic nitrogens is 5. The molecule has 0 spiro atoms. The standard InChI is InChI=1S/C47H45N5O.Pt/c1-31(2)23-32-19-21-49-45(24-32)52-40-14-10-9-13-38(40)39-18-17-36(28-43(39)52)53-37-20-22-48-44(29-37)51-30-50(41-15-11-12-16-42(41)51)35-26-33(46(3,4)5)25-34(27-35)47(6,7)8;/h9-22,24-27,31H,23H2,1-8H3;/q-2;/i23D2;. The smallest absolute Gasteiger partial charge is 0.269 e. The van der Waals surface area contributed by atoms with Crippen molar-refractivity contribution in [3.63, 3.8) is 0 Å². The maximum atomic E-state index is 8.75. The molecule has 0 aliphatic carbocycles. The van der Waals surface area contributed by atoms with Crippen LogP contribution in [0.5, 0.6) is 11.5 Å². The molecule has 276 valence electrons. The molecule has 8 aromatic rings. The predicted octanol–water partition coefficient (Wildman–Crippen LogP) is 10.8. The molecule has 54 heavy (non-hydrogen) atoms. The van der Waals surface area contributed by atoms with E-state index < -0.39 is 6.37 Å². The van der Waals surface area contributed by atoms with E-state index in [-0.39, 0.29) is 37.8 Å². The Labute approximate surface area is 335 Å². The Bertz CT molecular complexity index is 2700. The van der Waals surface area contributed by atoms with E-state index in [1.165, 1.54) is 11.1 Å². The van der Waals surface area contributed by atoms with Gasteiger partial charge in [-0.15, -0.1) is 17.5 Å². The Morgan fingerprint density at radius 3 is 2.13 bits per heavy atom. The number of hydrogen-bond acceptors (Lipinski definition) is 3. The third-order valence-corrected chi connectivity index (χ3v) is 9.55. The number of para-hydroxylation sites is 3. The molecule has 0 fully saturated rings. The average molecular weight is 893 g/mol. The van der Waals surface area contributed by atoms with Gasteiger partial charge in [-0.25, -0.2) is 4.98 Å². The number of ether oxygens (including phenoxy) is 1. The Balaban J connectivity index is 0.00000480. The third-order valence-electron chi connectivity index (χ3n) is 9.55. The largest absolute Gasteiger partial charge is 0.522 e. The summed E-state index contributed by atoms with van der Waals surface area (Å²) >= 11 is 0. The molecule has 0 unspecified atom stereocenters. The molecule has 4 aromatic heterocycles. The van der Waals surface area contributed by atoms with Crippen molar-refractivity contribution in [3.05, 3.63) is 145 Å². The first kappa shape index (κ1) is 34.7. The maximum Gasteiger partial charge on any atom is 0.269 e. The van der Waals surface area contributed by atoms with Gasteiger partial charge in [0.1, 0.15) is 5.82 Å². The van der Waals surface area contributed by atoms with E-state index in [2.05, 4.69) is 101 Å². The van der Waals surface area contributed by atoms with Crippen molar-refractivity contribution >= 4 is 32.8 Å². The first-order chi connectivity index (χ1) is 26.1. The van der Waals surface area contributed by atoms with Gasteiger partial charge in [-0.1, -0.05) is 116 Å². The number of benzene rings is 4. The minimum atomic E-state index is -1.52. The van der Waals surface area contributed by atoms with Crippen molar-refractivity contribution in [2.24, 2.45) is 5.92 Å². The topological polar surface area (TPSA) is 48.8 Å². The van der Waals surface area contributed by atoms with Gasteiger partial charge in [0.05, 0.1) is 22.5 Å². The van der Waals surface area contributed by atoms with E-state index in [1.54, 1.807) is 24.5 Å². The molecule has 0 saturated carbocycles. The van der Waals surface area contributed by atoms with Crippen LogP contribution in [0.2, 0.25) is 0 Å². The molecule has 0 atom stereocenters. The van der Waals surface area contributed by atoms with Crippen LogP contribution in [0.15, 0.2) is 109 Å². The van der Waals surface area contributed by atoms with Crippen LogP contribution in [0.25, 0.3) is 50.2 Å². The van der Waals surface area contributed by atoms with Crippen LogP contribution < -0.4 is 9.30 Å². The van der Waals surface area contributed by atoms with Crippen molar-refractivity contribution in [1.29, 1.82) is 0 Å². The van der Waals surface area contributed by atoms with Gasteiger partial charge >= 0.3 is 0 Å².